The van der Waals surface area contributed by atoms with Crippen LogP contribution in [0.15, 0.2) is 29.3 Å². The van der Waals surface area contributed by atoms with Crippen molar-refractivity contribution in [1.29, 1.82) is 0 Å². The molecule has 0 amide bonds. The summed E-state index contributed by atoms with van der Waals surface area (Å²) in [6.45, 7) is 0.854. The van der Waals surface area contributed by atoms with Gasteiger partial charge in [0.15, 0.2) is 5.96 Å². The van der Waals surface area contributed by atoms with Crippen LogP contribution in [0.1, 0.15) is 37.2 Å². The Bertz CT molecular complexity index is 471. The van der Waals surface area contributed by atoms with Crippen molar-refractivity contribution in [3.8, 4) is 0 Å². The highest BCUT2D eigenvalue weighted by atomic mass is 127. The molecule has 5 heteroatoms. The second kappa shape index (κ2) is 6.74. The molecule has 3 rings (SSSR count). The minimum Gasteiger partial charge on any atom is -0.370 e. The molecule has 3 nitrogen and oxygen atoms in total. The largest absolute Gasteiger partial charge is 0.370 e. The van der Waals surface area contributed by atoms with Crippen LogP contribution in [0.5, 0.6) is 0 Å². The predicted molar refractivity (Wildman–Crippen MR) is 89.9 cm³/mol. The SMILES string of the molecule is I.NC(=NCC1CCC1)N[C@@H]1C[C@H]1c1ccc(F)cc1. The number of nitrogens with two attached hydrogens (primary N) is 1. The maximum atomic E-state index is 12.8. The van der Waals surface area contributed by atoms with Gasteiger partial charge >= 0.3 is 0 Å². The molecule has 2 saturated carbocycles. The molecule has 0 radical (unpaired) electrons. The van der Waals surface area contributed by atoms with Gasteiger partial charge in [-0.2, -0.15) is 0 Å². The zero-order chi connectivity index (χ0) is 13.2. The first-order valence-electron chi connectivity index (χ1n) is 7.04. The van der Waals surface area contributed by atoms with Crippen LogP contribution in [0.3, 0.4) is 0 Å². The minimum absolute atomic E-state index is 0. The fourth-order valence-corrected chi connectivity index (χ4v) is 2.57. The summed E-state index contributed by atoms with van der Waals surface area (Å²) < 4.78 is 12.8. The second-order valence-corrected chi connectivity index (χ2v) is 5.67. The van der Waals surface area contributed by atoms with Gasteiger partial charge in [0.25, 0.3) is 0 Å². The number of nitrogens with zero attached hydrogens (tertiary/aromatic N) is 1. The van der Waals surface area contributed by atoms with E-state index in [9.17, 15) is 4.39 Å². The third-order valence-corrected chi connectivity index (χ3v) is 4.17. The molecule has 0 spiro atoms. The summed E-state index contributed by atoms with van der Waals surface area (Å²) in [6, 6.07) is 7.08. The first-order valence-corrected chi connectivity index (χ1v) is 7.04. The Hall–Kier alpha value is -0.850. The van der Waals surface area contributed by atoms with Gasteiger partial charge in [-0.3, -0.25) is 4.99 Å². The van der Waals surface area contributed by atoms with Gasteiger partial charge in [0, 0.05) is 18.5 Å². The van der Waals surface area contributed by atoms with Gasteiger partial charge in [-0.15, -0.1) is 24.0 Å². The Morgan fingerprint density at radius 3 is 2.60 bits per heavy atom. The van der Waals surface area contributed by atoms with E-state index in [0.717, 1.165) is 18.9 Å². The molecule has 2 aliphatic carbocycles. The number of guanidine groups is 1. The predicted octanol–water partition coefficient (Wildman–Crippen LogP) is 3.00. The summed E-state index contributed by atoms with van der Waals surface area (Å²) in [4.78, 5) is 4.39. The minimum atomic E-state index is -0.185. The average molecular weight is 389 g/mol. The van der Waals surface area contributed by atoms with Gasteiger partial charge in [-0.25, -0.2) is 4.39 Å². The first kappa shape index (κ1) is 15.5. The lowest BCUT2D eigenvalue weighted by atomic mass is 9.86. The number of rotatable bonds is 4. The molecule has 2 fully saturated rings. The molecule has 0 aliphatic heterocycles. The van der Waals surface area contributed by atoms with Crippen molar-refractivity contribution < 1.29 is 4.39 Å². The van der Waals surface area contributed by atoms with E-state index >= 15 is 0 Å². The van der Waals surface area contributed by atoms with Crippen molar-refractivity contribution in [1.82, 2.24) is 5.32 Å². The van der Waals surface area contributed by atoms with Crippen LogP contribution in [-0.4, -0.2) is 18.5 Å². The van der Waals surface area contributed by atoms with Gasteiger partial charge in [-0.1, -0.05) is 18.6 Å². The van der Waals surface area contributed by atoms with Crippen LogP contribution in [0.4, 0.5) is 4.39 Å². The van der Waals surface area contributed by atoms with Gasteiger partial charge in [0.1, 0.15) is 5.82 Å². The molecule has 0 saturated heterocycles. The van der Waals surface area contributed by atoms with Crippen LogP contribution in [0.2, 0.25) is 0 Å². The van der Waals surface area contributed by atoms with Gasteiger partial charge < -0.3 is 11.1 Å². The average Bonchev–Trinajstić information content (AvgIpc) is 3.07. The lowest BCUT2D eigenvalue weighted by Crippen LogP contribution is -2.35. The molecule has 0 aromatic heterocycles. The molecule has 0 bridgehead atoms. The molecule has 3 N–H and O–H groups in total. The molecule has 2 aliphatic rings. The van der Waals surface area contributed by atoms with Crippen LogP contribution in [-0.2, 0) is 0 Å². The number of halogens is 2. The van der Waals surface area contributed by atoms with E-state index in [1.54, 1.807) is 0 Å². The number of aliphatic imine (C=N–C) groups is 1. The fourth-order valence-electron chi connectivity index (χ4n) is 2.57. The van der Waals surface area contributed by atoms with Crippen molar-refractivity contribution in [3.05, 3.63) is 35.6 Å². The van der Waals surface area contributed by atoms with Gasteiger partial charge in [0.05, 0.1) is 0 Å². The molecular weight excluding hydrogens is 368 g/mol. The van der Waals surface area contributed by atoms with E-state index in [1.165, 1.54) is 37.0 Å². The Morgan fingerprint density at radius 1 is 1.30 bits per heavy atom. The van der Waals surface area contributed by atoms with Crippen LogP contribution in [0.25, 0.3) is 0 Å². The van der Waals surface area contributed by atoms with Crippen molar-refractivity contribution in [2.75, 3.05) is 6.54 Å². The summed E-state index contributed by atoms with van der Waals surface area (Å²) in [5.41, 5.74) is 7.06. The molecule has 0 unspecified atom stereocenters. The van der Waals surface area contributed by atoms with E-state index in [-0.39, 0.29) is 29.8 Å². The Kier molecular flexibility index (Phi) is 5.23. The highest BCUT2D eigenvalue weighted by Gasteiger charge is 2.38. The number of benzene rings is 1. The summed E-state index contributed by atoms with van der Waals surface area (Å²) in [7, 11) is 0. The standard InChI is InChI=1S/C15H20FN3.HI/c16-12-6-4-11(5-7-12)13-8-14(13)19-15(17)18-9-10-2-1-3-10;/h4-7,10,13-14H,1-3,8-9H2,(H3,17,18,19);1H/t13-,14+;/m0./s1. The Balaban J connectivity index is 0.00000147. The van der Waals surface area contributed by atoms with E-state index in [2.05, 4.69) is 10.3 Å². The van der Waals surface area contributed by atoms with E-state index in [0.29, 0.717) is 17.9 Å². The summed E-state index contributed by atoms with van der Waals surface area (Å²) in [5.74, 6) is 1.56. The smallest absolute Gasteiger partial charge is 0.188 e. The van der Waals surface area contributed by atoms with Gasteiger partial charge in [-0.05, 0) is 42.9 Å². The molecular formula is C15H21FIN3. The molecule has 0 heterocycles. The summed E-state index contributed by atoms with van der Waals surface area (Å²) in [6.07, 6.45) is 4.96. The zero-order valence-corrected chi connectivity index (χ0v) is 13.7. The molecule has 1 aromatic rings. The summed E-state index contributed by atoms with van der Waals surface area (Å²) >= 11 is 0. The lowest BCUT2D eigenvalue weighted by molar-refractivity contribution is 0.326. The number of nitrogens with one attached hydrogen (secondary N) is 1. The lowest BCUT2D eigenvalue weighted by Gasteiger charge is -2.23. The Morgan fingerprint density at radius 2 is 2.00 bits per heavy atom. The van der Waals surface area contributed by atoms with Crippen molar-refractivity contribution in [2.24, 2.45) is 16.6 Å². The maximum Gasteiger partial charge on any atom is 0.188 e. The van der Waals surface area contributed by atoms with E-state index in [4.69, 9.17) is 5.73 Å². The molecule has 1 aromatic carbocycles. The van der Waals surface area contributed by atoms with E-state index < -0.39 is 0 Å². The van der Waals surface area contributed by atoms with Crippen LogP contribution < -0.4 is 11.1 Å². The molecule has 2 atom stereocenters. The molecule has 20 heavy (non-hydrogen) atoms. The van der Waals surface area contributed by atoms with Crippen LogP contribution in [0, 0.1) is 11.7 Å². The van der Waals surface area contributed by atoms with Crippen molar-refractivity contribution in [3.63, 3.8) is 0 Å². The number of hydrogen-bond acceptors (Lipinski definition) is 1. The van der Waals surface area contributed by atoms with Gasteiger partial charge in [0.2, 0.25) is 0 Å². The summed E-state index contributed by atoms with van der Waals surface area (Å²) in [5, 5.41) is 3.25. The van der Waals surface area contributed by atoms with Crippen LogP contribution >= 0.6 is 24.0 Å². The second-order valence-electron chi connectivity index (χ2n) is 5.67. The highest BCUT2D eigenvalue weighted by Crippen LogP contribution is 2.40. The zero-order valence-electron chi connectivity index (χ0n) is 11.4. The van der Waals surface area contributed by atoms with E-state index in [1.807, 2.05) is 12.1 Å². The Labute approximate surface area is 136 Å². The fraction of sp³-hybridized carbons (Fsp3) is 0.533. The van der Waals surface area contributed by atoms with Crippen molar-refractivity contribution in [2.45, 2.75) is 37.6 Å². The maximum absolute atomic E-state index is 12.8. The topological polar surface area (TPSA) is 50.4 Å². The first-order chi connectivity index (χ1) is 9.22. The van der Waals surface area contributed by atoms with Crippen molar-refractivity contribution >= 4 is 29.9 Å². The third-order valence-electron chi connectivity index (χ3n) is 4.17. The normalized spacial score (nSPS) is 25.6. The molecule has 110 valence electrons. The number of hydrogen-bond donors (Lipinski definition) is 2. The third kappa shape index (κ3) is 3.84. The highest BCUT2D eigenvalue weighted by molar-refractivity contribution is 14.0. The monoisotopic (exact) mass is 389 g/mol. The quantitative estimate of drug-likeness (QED) is 0.473.